The minimum absolute atomic E-state index is 0.244. The summed E-state index contributed by atoms with van der Waals surface area (Å²) < 4.78 is 1.04. The van der Waals surface area contributed by atoms with Crippen LogP contribution in [-0.2, 0) is 6.54 Å². The average molecular weight is 326 g/mol. The van der Waals surface area contributed by atoms with Crippen LogP contribution in [0, 0.1) is 0 Å². The monoisotopic (exact) mass is 324 g/mol. The first-order valence-electron chi connectivity index (χ1n) is 5.74. The molecular weight excluding hydrogens is 312 g/mol. The second-order valence-corrected chi connectivity index (χ2v) is 5.45. The molecule has 2 rings (SSSR count). The van der Waals surface area contributed by atoms with Crippen molar-refractivity contribution in [2.45, 2.75) is 19.5 Å². The Morgan fingerprint density at radius 2 is 2.22 bits per heavy atom. The largest absolute Gasteiger partial charge is 0.306 e. The van der Waals surface area contributed by atoms with Gasteiger partial charge < -0.3 is 5.32 Å². The molecule has 0 saturated heterocycles. The Bertz CT molecular complexity index is 516. The predicted molar refractivity (Wildman–Crippen MR) is 78.6 cm³/mol. The van der Waals surface area contributed by atoms with Gasteiger partial charge in [0, 0.05) is 34.5 Å². The van der Waals surface area contributed by atoms with Crippen molar-refractivity contribution in [2.75, 3.05) is 0 Å². The molecule has 1 aromatic heterocycles. The maximum absolute atomic E-state index is 6.15. The van der Waals surface area contributed by atoms with E-state index in [0.29, 0.717) is 0 Å². The van der Waals surface area contributed by atoms with Crippen molar-refractivity contribution in [3.8, 4) is 0 Å². The quantitative estimate of drug-likeness (QED) is 0.904. The number of aromatic nitrogens is 1. The fourth-order valence-electron chi connectivity index (χ4n) is 1.69. The lowest BCUT2D eigenvalue weighted by Gasteiger charge is -2.14. The second kappa shape index (κ2) is 6.32. The van der Waals surface area contributed by atoms with E-state index >= 15 is 0 Å². The third-order valence-electron chi connectivity index (χ3n) is 2.79. The van der Waals surface area contributed by atoms with Crippen LogP contribution in [0.15, 0.2) is 47.2 Å². The van der Waals surface area contributed by atoms with Gasteiger partial charge in [-0.3, -0.25) is 4.98 Å². The van der Waals surface area contributed by atoms with Gasteiger partial charge in [0.25, 0.3) is 0 Å². The number of nitrogens with one attached hydrogen (secondary N) is 1. The lowest BCUT2D eigenvalue weighted by Crippen LogP contribution is -2.18. The zero-order valence-corrected chi connectivity index (χ0v) is 12.4. The van der Waals surface area contributed by atoms with Crippen LogP contribution in [-0.4, -0.2) is 4.98 Å². The Morgan fingerprint density at radius 1 is 1.39 bits per heavy atom. The van der Waals surface area contributed by atoms with E-state index in [0.717, 1.165) is 21.6 Å². The molecule has 0 unspecified atom stereocenters. The molecule has 1 atom stereocenters. The molecule has 1 aromatic carbocycles. The van der Waals surface area contributed by atoms with Crippen LogP contribution in [0.5, 0.6) is 0 Å². The first-order valence-corrected chi connectivity index (χ1v) is 6.91. The summed E-state index contributed by atoms with van der Waals surface area (Å²) in [7, 11) is 0. The summed E-state index contributed by atoms with van der Waals surface area (Å²) in [4.78, 5) is 4.12. The molecule has 0 bridgehead atoms. The fourth-order valence-corrected chi connectivity index (χ4v) is 2.28. The van der Waals surface area contributed by atoms with Gasteiger partial charge in [-0.15, -0.1) is 0 Å². The molecule has 0 radical (unpaired) electrons. The van der Waals surface area contributed by atoms with E-state index in [1.807, 2.05) is 30.5 Å². The summed E-state index contributed by atoms with van der Waals surface area (Å²) in [5.74, 6) is 0. The van der Waals surface area contributed by atoms with E-state index in [9.17, 15) is 0 Å². The van der Waals surface area contributed by atoms with Gasteiger partial charge in [0.1, 0.15) is 0 Å². The molecule has 1 N–H and O–H groups in total. The van der Waals surface area contributed by atoms with E-state index in [2.05, 4.69) is 39.2 Å². The first-order chi connectivity index (χ1) is 8.66. The molecule has 0 amide bonds. The number of pyridine rings is 1. The lowest BCUT2D eigenvalue weighted by molar-refractivity contribution is 0.573. The molecular formula is C14H14BrClN2. The van der Waals surface area contributed by atoms with Crippen molar-refractivity contribution in [1.82, 2.24) is 10.3 Å². The van der Waals surface area contributed by atoms with Crippen LogP contribution in [0.3, 0.4) is 0 Å². The molecule has 4 heteroatoms. The standard InChI is InChI=1S/C14H14BrClN2/c1-10(11-3-2-6-17-8-11)18-9-12-7-13(15)4-5-14(12)16/h2-8,10,18H,9H2,1H3/t10-/m1/s1. The van der Waals surface area contributed by atoms with Crippen molar-refractivity contribution in [1.29, 1.82) is 0 Å². The lowest BCUT2D eigenvalue weighted by atomic mass is 10.1. The molecule has 0 fully saturated rings. The minimum Gasteiger partial charge on any atom is -0.306 e. The van der Waals surface area contributed by atoms with Gasteiger partial charge in [-0.25, -0.2) is 0 Å². The Kier molecular flexibility index (Phi) is 4.75. The van der Waals surface area contributed by atoms with Crippen molar-refractivity contribution in [3.05, 3.63) is 63.3 Å². The van der Waals surface area contributed by atoms with E-state index in [1.165, 1.54) is 5.56 Å². The highest BCUT2D eigenvalue weighted by atomic mass is 79.9. The second-order valence-electron chi connectivity index (χ2n) is 4.12. The van der Waals surface area contributed by atoms with Crippen LogP contribution < -0.4 is 5.32 Å². The number of halogens is 2. The van der Waals surface area contributed by atoms with E-state index in [1.54, 1.807) is 6.20 Å². The fraction of sp³-hybridized carbons (Fsp3) is 0.214. The van der Waals surface area contributed by atoms with E-state index in [-0.39, 0.29) is 6.04 Å². The summed E-state index contributed by atoms with van der Waals surface area (Å²) in [5, 5.41) is 4.22. The van der Waals surface area contributed by atoms with Gasteiger partial charge in [-0.05, 0) is 42.3 Å². The molecule has 0 aliphatic rings. The Balaban J connectivity index is 2.01. The Morgan fingerprint density at radius 3 is 2.94 bits per heavy atom. The molecule has 94 valence electrons. The Labute approximate surface area is 121 Å². The van der Waals surface area contributed by atoms with Gasteiger partial charge in [0.15, 0.2) is 0 Å². The van der Waals surface area contributed by atoms with Crippen LogP contribution in [0.4, 0.5) is 0 Å². The van der Waals surface area contributed by atoms with Crippen molar-refractivity contribution in [2.24, 2.45) is 0 Å². The first kappa shape index (κ1) is 13.5. The zero-order chi connectivity index (χ0) is 13.0. The molecule has 1 heterocycles. The topological polar surface area (TPSA) is 24.9 Å². The van der Waals surface area contributed by atoms with Gasteiger partial charge >= 0.3 is 0 Å². The van der Waals surface area contributed by atoms with Gasteiger partial charge in [-0.2, -0.15) is 0 Å². The van der Waals surface area contributed by atoms with Gasteiger partial charge in [-0.1, -0.05) is 33.6 Å². The van der Waals surface area contributed by atoms with Crippen LogP contribution in [0.1, 0.15) is 24.1 Å². The SMILES string of the molecule is C[C@@H](NCc1cc(Br)ccc1Cl)c1cccnc1. The summed E-state index contributed by atoms with van der Waals surface area (Å²) >= 11 is 9.60. The Hall–Kier alpha value is -0.900. The molecule has 0 aliphatic heterocycles. The van der Waals surface area contributed by atoms with Crippen molar-refractivity contribution in [3.63, 3.8) is 0 Å². The highest BCUT2D eigenvalue weighted by Crippen LogP contribution is 2.21. The number of hydrogen-bond donors (Lipinski definition) is 1. The molecule has 0 spiro atoms. The summed E-state index contributed by atoms with van der Waals surface area (Å²) in [5.41, 5.74) is 2.26. The van der Waals surface area contributed by atoms with Crippen LogP contribution >= 0.6 is 27.5 Å². The highest BCUT2D eigenvalue weighted by Gasteiger charge is 2.06. The predicted octanol–water partition coefficient (Wildman–Crippen LogP) is 4.35. The summed E-state index contributed by atoms with van der Waals surface area (Å²) in [6.07, 6.45) is 3.65. The molecule has 2 aromatic rings. The molecule has 18 heavy (non-hydrogen) atoms. The van der Waals surface area contributed by atoms with E-state index < -0.39 is 0 Å². The molecule has 2 nitrogen and oxygen atoms in total. The van der Waals surface area contributed by atoms with Gasteiger partial charge in [0.05, 0.1) is 0 Å². The van der Waals surface area contributed by atoms with Crippen LogP contribution in [0.25, 0.3) is 0 Å². The zero-order valence-electron chi connectivity index (χ0n) is 10.0. The van der Waals surface area contributed by atoms with Gasteiger partial charge in [0.2, 0.25) is 0 Å². The minimum atomic E-state index is 0.244. The normalized spacial score (nSPS) is 12.4. The third-order valence-corrected chi connectivity index (χ3v) is 3.65. The van der Waals surface area contributed by atoms with Crippen molar-refractivity contribution < 1.29 is 0 Å². The average Bonchev–Trinajstić information content (AvgIpc) is 2.40. The number of hydrogen-bond acceptors (Lipinski definition) is 2. The highest BCUT2D eigenvalue weighted by molar-refractivity contribution is 9.10. The third kappa shape index (κ3) is 3.55. The maximum Gasteiger partial charge on any atom is 0.0451 e. The molecule has 0 saturated carbocycles. The number of rotatable bonds is 4. The molecule has 0 aliphatic carbocycles. The smallest absolute Gasteiger partial charge is 0.0451 e. The van der Waals surface area contributed by atoms with Crippen molar-refractivity contribution >= 4 is 27.5 Å². The van der Waals surface area contributed by atoms with E-state index in [4.69, 9.17) is 11.6 Å². The van der Waals surface area contributed by atoms with Crippen LogP contribution in [0.2, 0.25) is 5.02 Å². The number of nitrogens with zero attached hydrogens (tertiary/aromatic N) is 1. The summed E-state index contributed by atoms with van der Waals surface area (Å²) in [6, 6.07) is 10.1. The maximum atomic E-state index is 6.15. The summed E-state index contributed by atoms with van der Waals surface area (Å²) in [6.45, 7) is 2.84. The number of benzene rings is 1.